The van der Waals surface area contributed by atoms with Gasteiger partial charge in [0, 0.05) is 45.8 Å². The van der Waals surface area contributed by atoms with Gasteiger partial charge in [0.25, 0.3) is 0 Å². The van der Waals surface area contributed by atoms with Crippen LogP contribution in [-0.4, -0.2) is 26.2 Å². The van der Waals surface area contributed by atoms with Crippen LogP contribution in [0.1, 0.15) is 18.6 Å². The van der Waals surface area contributed by atoms with Gasteiger partial charge >= 0.3 is 0 Å². The summed E-state index contributed by atoms with van der Waals surface area (Å²) in [5, 5.41) is 6.42. The van der Waals surface area contributed by atoms with E-state index in [9.17, 15) is 0 Å². The molecule has 2 heterocycles. The van der Waals surface area contributed by atoms with Crippen LogP contribution in [0.5, 0.6) is 5.75 Å². The van der Waals surface area contributed by atoms with Crippen molar-refractivity contribution in [1.29, 1.82) is 0 Å². The standard InChI is InChI=1S/C38H28O4.CH3I.CH5N/c1-22(39-2)25-14-15-26-19-30-31(20-27(26)18-25)41-38-33(23-10-6-4-7-11-23)35-29-17-16-28(40-3)21-32(29)42-37(35)34(36(30)38)24-12-8-5-9-13-24;2*1-2/h4-22H,1-3H3;1H3;2H2,1H3. The summed E-state index contributed by atoms with van der Waals surface area (Å²) in [6, 6.07) is 37.9. The number of halogens is 1. The fourth-order valence-electron chi connectivity index (χ4n) is 6.29. The van der Waals surface area contributed by atoms with Gasteiger partial charge in [-0.15, -0.1) is 0 Å². The third kappa shape index (κ3) is 5.30. The Balaban J connectivity index is 0.000000896. The van der Waals surface area contributed by atoms with E-state index < -0.39 is 0 Å². The van der Waals surface area contributed by atoms with Crippen molar-refractivity contribution in [3.63, 3.8) is 0 Å². The summed E-state index contributed by atoms with van der Waals surface area (Å²) in [7, 11) is 4.92. The van der Waals surface area contributed by atoms with Crippen molar-refractivity contribution in [3.8, 4) is 28.0 Å². The fraction of sp³-hybridized carbons (Fsp3) is 0.150. The minimum Gasteiger partial charge on any atom is -0.497 e. The van der Waals surface area contributed by atoms with Crippen molar-refractivity contribution in [2.75, 3.05) is 26.2 Å². The molecule has 8 rings (SSSR count). The number of rotatable bonds is 5. The summed E-state index contributed by atoms with van der Waals surface area (Å²) < 4.78 is 24.8. The molecule has 0 aliphatic heterocycles. The zero-order valence-corrected chi connectivity index (χ0v) is 28.7. The normalized spacial score (nSPS) is 11.8. The van der Waals surface area contributed by atoms with Crippen LogP contribution < -0.4 is 10.5 Å². The van der Waals surface area contributed by atoms with E-state index in [1.54, 1.807) is 14.2 Å². The molecule has 0 radical (unpaired) electrons. The molecule has 0 aliphatic carbocycles. The molecule has 5 nitrogen and oxygen atoms in total. The van der Waals surface area contributed by atoms with E-state index >= 15 is 0 Å². The third-order valence-electron chi connectivity index (χ3n) is 8.47. The topological polar surface area (TPSA) is 70.8 Å². The molecule has 232 valence electrons. The van der Waals surface area contributed by atoms with Crippen LogP contribution in [0.15, 0.2) is 118 Å². The van der Waals surface area contributed by atoms with Crippen LogP contribution in [0.25, 0.3) is 76.9 Å². The number of hydrogen-bond acceptors (Lipinski definition) is 5. The van der Waals surface area contributed by atoms with Gasteiger partial charge in [-0.1, -0.05) is 95.4 Å². The van der Waals surface area contributed by atoms with Crippen molar-refractivity contribution in [2.24, 2.45) is 5.73 Å². The lowest BCUT2D eigenvalue weighted by molar-refractivity contribution is 0.119. The summed E-state index contributed by atoms with van der Waals surface area (Å²) in [5.41, 5.74) is 13.1. The molecule has 46 heavy (non-hydrogen) atoms. The molecule has 0 bridgehead atoms. The minimum absolute atomic E-state index is 0.00829. The Bertz CT molecular complexity index is 2290. The second-order valence-electron chi connectivity index (χ2n) is 10.8. The lowest BCUT2D eigenvalue weighted by Gasteiger charge is -2.11. The number of hydrogen-bond donors (Lipinski definition) is 1. The Labute approximate surface area is 282 Å². The van der Waals surface area contributed by atoms with Crippen LogP contribution in [0, 0.1) is 0 Å². The van der Waals surface area contributed by atoms with Gasteiger partial charge in [0.1, 0.15) is 28.1 Å². The fourth-order valence-corrected chi connectivity index (χ4v) is 6.29. The summed E-state index contributed by atoms with van der Waals surface area (Å²) in [4.78, 5) is 1.97. The molecule has 6 aromatic carbocycles. The van der Waals surface area contributed by atoms with Crippen molar-refractivity contribution >= 4 is 77.2 Å². The van der Waals surface area contributed by atoms with Crippen LogP contribution in [-0.2, 0) is 4.74 Å². The van der Waals surface area contributed by atoms with Gasteiger partial charge < -0.3 is 24.0 Å². The highest BCUT2D eigenvalue weighted by Gasteiger charge is 2.26. The van der Waals surface area contributed by atoms with Crippen molar-refractivity contribution in [3.05, 3.63) is 115 Å². The zero-order chi connectivity index (χ0) is 32.4. The van der Waals surface area contributed by atoms with Crippen LogP contribution in [0.3, 0.4) is 0 Å². The van der Waals surface area contributed by atoms with E-state index in [4.69, 9.17) is 18.3 Å². The van der Waals surface area contributed by atoms with Gasteiger partial charge in [0.05, 0.1) is 13.2 Å². The average molecular weight is 722 g/mol. The van der Waals surface area contributed by atoms with E-state index in [-0.39, 0.29) is 6.10 Å². The minimum atomic E-state index is 0.00829. The second-order valence-corrected chi connectivity index (χ2v) is 10.8. The average Bonchev–Trinajstić information content (AvgIpc) is 3.69. The zero-order valence-electron chi connectivity index (χ0n) is 26.6. The number of methoxy groups -OCH3 is 2. The molecule has 0 aliphatic rings. The van der Waals surface area contributed by atoms with E-state index in [0.717, 1.165) is 88.2 Å². The molecule has 0 spiro atoms. The lowest BCUT2D eigenvalue weighted by atomic mass is 9.90. The predicted molar refractivity (Wildman–Crippen MR) is 201 cm³/mol. The number of fused-ring (bicyclic) bond motifs is 7. The van der Waals surface area contributed by atoms with Gasteiger partial charge in [-0.25, -0.2) is 0 Å². The second kappa shape index (κ2) is 13.5. The molecule has 1 unspecified atom stereocenters. The van der Waals surface area contributed by atoms with Crippen molar-refractivity contribution in [2.45, 2.75) is 13.0 Å². The number of nitrogens with two attached hydrogens (primary N) is 1. The molecule has 8 aromatic rings. The van der Waals surface area contributed by atoms with E-state index in [1.807, 2.05) is 29.2 Å². The SMILES string of the molecule is CI.CN.COc1ccc2c(c1)oc1c(-c3ccccc3)c3c(oc4cc5cc(C(C)OC)ccc5cc43)c(-c3ccccc3)c12. The molecule has 1 atom stereocenters. The number of ether oxygens (including phenoxy) is 2. The maximum Gasteiger partial charge on any atom is 0.144 e. The molecular weight excluding hydrogens is 685 g/mol. The quantitative estimate of drug-likeness (QED) is 0.142. The Morgan fingerprint density at radius 2 is 1.17 bits per heavy atom. The predicted octanol–water partition coefficient (Wildman–Crippen LogP) is 11.3. The van der Waals surface area contributed by atoms with Crippen LogP contribution in [0.4, 0.5) is 0 Å². The summed E-state index contributed by atoms with van der Waals surface area (Å²) in [5.74, 6) is 0.756. The molecule has 0 amide bonds. The Hall–Kier alpha value is -4.37. The molecule has 0 fully saturated rings. The first-order chi connectivity index (χ1) is 22.6. The lowest BCUT2D eigenvalue weighted by Crippen LogP contribution is -1.95. The van der Waals surface area contributed by atoms with Crippen molar-refractivity contribution in [1.82, 2.24) is 0 Å². The summed E-state index contributed by atoms with van der Waals surface area (Å²) in [6.07, 6.45) is 0.00829. The molecule has 0 saturated heterocycles. The molecular formula is C40H36INO4. The van der Waals surface area contributed by atoms with Gasteiger partial charge in [-0.3, -0.25) is 0 Å². The highest BCUT2D eigenvalue weighted by Crippen LogP contribution is 2.51. The van der Waals surface area contributed by atoms with Gasteiger partial charge in [0.2, 0.25) is 0 Å². The highest BCUT2D eigenvalue weighted by atomic mass is 127. The van der Waals surface area contributed by atoms with E-state index in [0.29, 0.717) is 0 Å². The maximum absolute atomic E-state index is 6.91. The highest BCUT2D eigenvalue weighted by molar-refractivity contribution is 14.1. The monoisotopic (exact) mass is 721 g/mol. The Morgan fingerprint density at radius 1 is 0.609 bits per heavy atom. The summed E-state index contributed by atoms with van der Waals surface area (Å²) in [6.45, 7) is 2.06. The largest absolute Gasteiger partial charge is 0.497 e. The van der Waals surface area contributed by atoms with Crippen LogP contribution >= 0.6 is 22.6 Å². The molecule has 2 aromatic heterocycles. The third-order valence-corrected chi connectivity index (χ3v) is 8.47. The number of benzene rings is 6. The first-order valence-electron chi connectivity index (χ1n) is 15.1. The first-order valence-corrected chi connectivity index (χ1v) is 17.3. The van der Waals surface area contributed by atoms with Gasteiger partial charge in [-0.05, 0) is 76.7 Å². The summed E-state index contributed by atoms with van der Waals surface area (Å²) >= 11 is 2.15. The van der Waals surface area contributed by atoms with Gasteiger partial charge in [0.15, 0.2) is 0 Å². The number of alkyl halides is 1. The first kappa shape index (κ1) is 31.6. The van der Waals surface area contributed by atoms with Crippen LogP contribution in [0.2, 0.25) is 0 Å². The van der Waals surface area contributed by atoms with Gasteiger partial charge in [-0.2, -0.15) is 0 Å². The molecule has 6 heteroatoms. The van der Waals surface area contributed by atoms with E-state index in [2.05, 4.69) is 120 Å². The Morgan fingerprint density at radius 3 is 1.74 bits per heavy atom. The Kier molecular flexibility index (Phi) is 9.31. The molecule has 2 N–H and O–H groups in total. The smallest absolute Gasteiger partial charge is 0.144 e. The van der Waals surface area contributed by atoms with Crippen molar-refractivity contribution < 1.29 is 18.3 Å². The number of furan rings is 2. The van der Waals surface area contributed by atoms with E-state index in [1.165, 1.54) is 7.05 Å². The maximum atomic E-state index is 6.91. The molecule has 0 saturated carbocycles.